The lowest BCUT2D eigenvalue weighted by atomic mass is 10.2. The van der Waals surface area contributed by atoms with Gasteiger partial charge in [0, 0.05) is 6.54 Å². The monoisotopic (exact) mass is 293 g/mol. The minimum absolute atomic E-state index is 0.0990. The van der Waals surface area contributed by atoms with Crippen molar-refractivity contribution < 1.29 is 27.2 Å². The molecule has 0 bridgehead atoms. The molecule has 2 heterocycles. The molecule has 2 rings (SSSR count). The van der Waals surface area contributed by atoms with E-state index in [1.165, 1.54) is 0 Å². The molecular weight excluding hydrogens is 279 g/mol. The topological polar surface area (TPSA) is 67.6 Å². The molecule has 0 spiro atoms. The number of aromatic nitrogens is 1. The number of nitrogens with zero attached hydrogens (tertiary/aromatic N) is 2. The zero-order chi connectivity index (χ0) is 14.9. The highest BCUT2D eigenvalue weighted by atomic mass is 19.4. The molecule has 1 aromatic rings. The minimum Gasteiger partial charge on any atom is -0.365 e. The Morgan fingerprint density at radius 1 is 1.45 bits per heavy atom. The van der Waals surface area contributed by atoms with E-state index in [0.717, 1.165) is 4.90 Å². The van der Waals surface area contributed by atoms with Crippen LogP contribution in [0.25, 0.3) is 0 Å². The number of alkyl halides is 3. The van der Waals surface area contributed by atoms with Crippen molar-refractivity contribution in [1.29, 1.82) is 0 Å². The summed E-state index contributed by atoms with van der Waals surface area (Å²) in [7, 11) is 0. The van der Waals surface area contributed by atoms with Crippen LogP contribution in [0.3, 0.4) is 0 Å². The number of hydrogen-bond acceptors (Lipinski definition) is 4. The van der Waals surface area contributed by atoms with Crippen LogP contribution in [-0.4, -0.2) is 48.1 Å². The predicted molar refractivity (Wildman–Crippen MR) is 62.4 cm³/mol. The number of carbonyl (C=O) groups excluding carboxylic acids is 1. The normalized spacial score (nSPS) is 20.1. The molecule has 0 aliphatic carbocycles. The van der Waals surface area contributed by atoms with Crippen molar-refractivity contribution in [3.63, 3.8) is 0 Å². The molecule has 1 saturated heterocycles. The third-order valence-electron chi connectivity index (χ3n) is 2.98. The summed E-state index contributed by atoms with van der Waals surface area (Å²) in [6, 6.07) is -0.628. The van der Waals surface area contributed by atoms with E-state index < -0.39 is 24.9 Å². The SMILES string of the molecule is Cc1noc(C)c1NC(=O)N1CCO[C@H](C(F)(F)F)C1. The molecule has 1 aromatic heterocycles. The third-order valence-corrected chi connectivity index (χ3v) is 2.98. The van der Waals surface area contributed by atoms with Gasteiger partial charge in [-0.15, -0.1) is 0 Å². The van der Waals surface area contributed by atoms with E-state index in [2.05, 4.69) is 15.2 Å². The lowest BCUT2D eigenvalue weighted by Gasteiger charge is -2.33. The molecule has 0 saturated carbocycles. The fourth-order valence-corrected chi connectivity index (χ4v) is 1.88. The van der Waals surface area contributed by atoms with Gasteiger partial charge in [0.05, 0.1) is 13.2 Å². The Morgan fingerprint density at radius 3 is 2.70 bits per heavy atom. The maximum atomic E-state index is 12.6. The van der Waals surface area contributed by atoms with Gasteiger partial charge in [0.25, 0.3) is 0 Å². The van der Waals surface area contributed by atoms with Crippen LogP contribution >= 0.6 is 0 Å². The Labute approximate surface area is 112 Å². The Kier molecular flexibility index (Phi) is 3.89. The molecule has 9 heteroatoms. The highest BCUT2D eigenvalue weighted by molar-refractivity contribution is 5.90. The predicted octanol–water partition coefficient (Wildman–Crippen LogP) is 2.09. The maximum absolute atomic E-state index is 12.6. The van der Waals surface area contributed by atoms with Crippen LogP contribution in [0.2, 0.25) is 0 Å². The first-order valence-corrected chi connectivity index (χ1v) is 5.96. The van der Waals surface area contributed by atoms with Gasteiger partial charge in [-0.1, -0.05) is 5.16 Å². The second-order valence-electron chi connectivity index (χ2n) is 4.48. The second-order valence-corrected chi connectivity index (χ2v) is 4.48. The number of halogens is 3. The van der Waals surface area contributed by atoms with E-state index in [4.69, 9.17) is 4.52 Å². The summed E-state index contributed by atoms with van der Waals surface area (Å²) in [5, 5.41) is 6.16. The highest BCUT2D eigenvalue weighted by Gasteiger charge is 2.44. The van der Waals surface area contributed by atoms with Gasteiger partial charge in [-0.3, -0.25) is 0 Å². The van der Waals surface area contributed by atoms with Crippen molar-refractivity contribution in [2.45, 2.75) is 26.1 Å². The first kappa shape index (κ1) is 14.6. The summed E-state index contributed by atoms with van der Waals surface area (Å²) >= 11 is 0. The van der Waals surface area contributed by atoms with Crippen molar-refractivity contribution in [2.75, 3.05) is 25.0 Å². The van der Waals surface area contributed by atoms with Crippen molar-refractivity contribution in [2.24, 2.45) is 0 Å². The molecule has 6 nitrogen and oxygen atoms in total. The summed E-state index contributed by atoms with van der Waals surface area (Å²) in [6.07, 6.45) is -6.44. The first-order chi connectivity index (χ1) is 9.29. The Hall–Kier alpha value is -1.77. The van der Waals surface area contributed by atoms with Crippen LogP contribution in [0.5, 0.6) is 0 Å². The lowest BCUT2D eigenvalue weighted by molar-refractivity contribution is -0.233. The van der Waals surface area contributed by atoms with E-state index in [9.17, 15) is 18.0 Å². The number of morpholine rings is 1. The van der Waals surface area contributed by atoms with Crippen LogP contribution in [0.15, 0.2) is 4.52 Å². The Balaban J connectivity index is 2.03. The average molecular weight is 293 g/mol. The summed E-state index contributed by atoms with van der Waals surface area (Å²) in [4.78, 5) is 13.0. The van der Waals surface area contributed by atoms with Crippen molar-refractivity contribution in [1.82, 2.24) is 10.1 Å². The minimum atomic E-state index is -4.48. The molecule has 0 radical (unpaired) electrons. The van der Waals surface area contributed by atoms with Crippen molar-refractivity contribution >= 4 is 11.7 Å². The van der Waals surface area contributed by atoms with Crippen molar-refractivity contribution in [3.8, 4) is 0 Å². The molecule has 1 aliphatic rings. The zero-order valence-corrected chi connectivity index (χ0v) is 11.0. The van der Waals surface area contributed by atoms with Crippen LogP contribution in [-0.2, 0) is 4.74 Å². The quantitative estimate of drug-likeness (QED) is 0.861. The van der Waals surface area contributed by atoms with E-state index in [0.29, 0.717) is 17.1 Å². The van der Waals surface area contributed by atoms with Crippen LogP contribution in [0, 0.1) is 13.8 Å². The molecule has 1 fully saturated rings. The van der Waals surface area contributed by atoms with Crippen LogP contribution < -0.4 is 5.32 Å². The van der Waals surface area contributed by atoms with Gasteiger partial charge in [-0.05, 0) is 13.8 Å². The molecule has 0 unspecified atom stereocenters. The number of amides is 2. The van der Waals surface area contributed by atoms with Crippen LogP contribution in [0.4, 0.5) is 23.7 Å². The lowest BCUT2D eigenvalue weighted by Crippen LogP contribution is -2.52. The Bertz CT molecular complexity index is 481. The van der Waals surface area contributed by atoms with Gasteiger partial charge in [-0.25, -0.2) is 4.79 Å². The summed E-state index contributed by atoms with van der Waals surface area (Å²) in [5.74, 6) is 0.400. The number of nitrogens with one attached hydrogen (secondary N) is 1. The van der Waals surface area contributed by atoms with Gasteiger partial charge in [0.2, 0.25) is 0 Å². The molecule has 20 heavy (non-hydrogen) atoms. The molecule has 2 amide bonds. The fourth-order valence-electron chi connectivity index (χ4n) is 1.88. The standard InChI is InChI=1S/C11H14F3N3O3/c1-6-9(7(2)20-16-6)15-10(18)17-3-4-19-8(5-17)11(12,13)14/h8H,3-5H2,1-2H3,(H,15,18)/t8-/m0/s1. The van der Waals surface area contributed by atoms with Gasteiger partial charge in [0.1, 0.15) is 11.4 Å². The molecule has 1 atom stereocenters. The smallest absolute Gasteiger partial charge is 0.365 e. The molecule has 112 valence electrons. The second kappa shape index (κ2) is 5.31. The number of ether oxygens (including phenoxy) is 1. The molecule has 0 aromatic carbocycles. The highest BCUT2D eigenvalue weighted by Crippen LogP contribution is 2.26. The van der Waals surface area contributed by atoms with E-state index in [-0.39, 0.29) is 13.2 Å². The van der Waals surface area contributed by atoms with Crippen LogP contribution in [0.1, 0.15) is 11.5 Å². The maximum Gasteiger partial charge on any atom is 0.416 e. The summed E-state index contributed by atoms with van der Waals surface area (Å²) in [5.41, 5.74) is 0.849. The number of anilines is 1. The number of rotatable bonds is 1. The van der Waals surface area contributed by atoms with E-state index in [1.807, 2.05) is 0 Å². The van der Waals surface area contributed by atoms with Gasteiger partial charge in [0.15, 0.2) is 11.9 Å². The molecule has 1 N–H and O–H groups in total. The number of aryl methyl sites for hydroxylation is 2. The Morgan fingerprint density at radius 2 is 2.15 bits per heavy atom. The third kappa shape index (κ3) is 3.03. The molecule has 1 aliphatic heterocycles. The van der Waals surface area contributed by atoms with Gasteiger partial charge in [-0.2, -0.15) is 13.2 Å². The first-order valence-electron chi connectivity index (χ1n) is 5.96. The number of urea groups is 1. The fraction of sp³-hybridized carbons (Fsp3) is 0.636. The summed E-state index contributed by atoms with van der Waals surface area (Å²) in [6.45, 7) is 2.65. The van der Waals surface area contributed by atoms with Gasteiger partial charge >= 0.3 is 12.2 Å². The summed E-state index contributed by atoms with van der Waals surface area (Å²) < 4.78 is 47.2. The van der Waals surface area contributed by atoms with E-state index >= 15 is 0 Å². The molecular formula is C11H14F3N3O3. The zero-order valence-electron chi connectivity index (χ0n) is 11.0. The number of hydrogen-bond donors (Lipinski definition) is 1. The average Bonchev–Trinajstić information content (AvgIpc) is 2.69. The largest absolute Gasteiger partial charge is 0.416 e. The van der Waals surface area contributed by atoms with Gasteiger partial charge < -0.3 is 19.5 Å². The van der Waals surface area contributed by atoms with E-state index in [1.54, 1.807) is 13.8 Å². The number of carbonyl (C=O) groups is 1. The van der Waals surface area contributed by atoms with Crippen molar-refractivity contribution in [3.05, 3.63) is 11.5 Å².